The van der Waals surface area contributed by atoms with E-state index in [0.29, 0.717) is 17.3 Å². The summed E-state index contributed by atoms with van der Waals surface area (Å²) in [5.74, 6) is 2.80. The highest BCUT2D eigenvalue weighted by atomic mass is 16.5. The first-order valence-corrected chi connectivity index (χ1v) is 8.83. The van der Waals surface area contributed by atoms with Gasteiger partial charge in [0.2, 0.25) is 5.89 Å². The van der Waals surface area contributed by atoms with Crippen LogP contribution in [0, 0.1) is 0 Å². The van der Waals surface area contributed by atoms with E-state index in [4.69, 9.17) is 24.6 Å². The van der Waals surface area contributed by atoms with E-state index >= 15 is 0 Å². The molecule has 4 rings (SSSR count). The number of ether oxygens (including phenoxy) is 2. The molecule has 0 aliphatic heterocycles. The van der Waals surface area contributed by atoms with Crippen LogP contribution in [0.3, 0.4) is 0 Å². The maximum Gasteiger partial charge on any atom is 0.227 e. The minimum absolute atomic E-state index is 0.542. The Kier molecular flexibility index (Phi) is 4.72. The number of nitrogens with two attached hydrogens (primary N) is 1. The van der Waals surface area contributed by atoms with Crippen molar-refractivity contribution in [3.05, 3.63) is 72.8 Å². The smallest absolute Gasteiger partial charge is 0.227 e. The van der Waals surface area contributed by atoms with Crippen LogP contribution in [0.15, 0.2) is 77.2 Å². The Morgan fingerprint density at radius 3 is 1.71 bits per heavy atom. The van der Waals surface area contributed by atoms with Crippen LogP contribution in [0.5, 0.6) is 11.5 Å². The molecule has 0 saturated heterocycles. The molecule has 0 bridgehead atoms. The second kappa shape index (κ2) is 7.48. The zero-order valence-electron chi connectivity index (χ0n) is 15.7. The van der Waals surface area contributed by atoms with Gasteiger partial charge in [-0.3, -0.25) is 0 Å². The molecule has 0 radical (unpaired) electrons. The van der Waals surface area contributed by atoms with Crippen LogP contribution in [-0.4, -0.2) is 19.2 Å². The summed E-state index contributed by atoms with van der Waals surface area (Å²) in [4.78, 5) is 4.78. The summed E-state index contributed by atoms with van der Waals surface area (Å²) >= 11 is 0. The van der Waals surface area contributed by atoms with E-state index < -0.39 is 0 Å². The number of oxazole rings is 1. The summed E-state index contributed by atoms with van der Waals surface area (Å²) in [5, 5.41) is 0. The number of aromatic nitrogens is 1. The van der Waals surface area contributed by atoms with Gasteiger partial charge in [0.15, 0.2) is 5.76 Å². The molecule has 1 heterocycles. The van der Waals surface area contributed by atoms with Gasteiger partial charge >= 0.3 is 0 Å². The number of rotatable bonds is 5. The third-order valence-electron chi connectivity index (χ3n) is 4.50. The number of anilines is 1. The van der Waals surface area contributed by atoms with Crippen molar-refractivity contribution >= 4 is 5.69 Å². The molecule has 4 aromatic rings. The van der Waals surface area contributed by atoms with Crippen LogP contribution in [-0.2, 0) is 0 Å². The van der Waals surface area contributed by atoms with Crippen molar-refractivity contribution in [2.75, 3.05) is 20.0 Å². The van der Waals surface area contributed by atoms with Gasteiger partial charge in [-0.05, 0) is 72.8 Å². The quantitative estimate of drug-likeness (QED) is 0.483. The SMILES string of the molecule is COc1ccc(-c2nc(-c3ccc(OC)cc3)c(-c3ccc(N)cc3)o2)cc1. The topological polar surface area (TPSA) is 70.5 Å². The molecule has 140 valence electrons. The van der Waals surface area contributed by atoms with E-state index in [1.54, 1.807) is 14.2 Å². The average Bonchev–Trinajstić information content (AvgIpc) is 3.20. The second-order valence-corrected chi connectivity index (χ2v) is 6.28. The van der Waals surface area contributed by atoms with E-state index in [2.05, 4.69) is 0 Å². The molecule has 2 N–H and O–H groups in total. The van der Waals surface area contributed by atoms with Crippen molar-refractivity contribution in [2.24, 2.45) is 0 Å². The van der Waals surface area contributed by atoms with Crippen LogP contribution in [0.1, 0.15) is 0 Å². The molecular weight excluding hydrogens is 352 g/mol. The predicted octanol–water partition coefficient (Wildman–Crippen LogP) is 5.28. The Bertz CT molecular complexity index is 1070. The third kappa shape index (κ3) is 3.42. The van der Waals surface area contributed by atoms with Crippen LogP contribution >= 0.6 is 0 Å². The highest BCUT2D eigenvalue weighted by Gasteiger charge is 2.18. The van der Waals surface area contributed by atoms with E-state index in [9.17, 15) is 0 Å². The van der Waals surface area contributed by atoms with E-state index in [-0.39, 0.29) is 0 Å². The van der Waals surface area contributed by atoms with Crippen LogP contribution in [0.4, 0.5) is 5.69 Å². The number of nitrogen functional groups attached to an aromatic ring is 1. The van der Waals surface area contributed by atoms with Crippen molar-refractivity contribution in [3.8, 4) is 45.5 Å². The lowest BCUT2D eigenvalue weighted by atomic mass is 10.1. The zero-order valence-corrected chi connectivity index (χ0v) is 15.7. The Morgan fingerprint density at radius 2 is 1.18 bits per heavy atom. The maximum atomic E-state index is 6.19. The van der Waals surface area contributed by atoms with Crippen molar-refractivity contribution < 1.29 is 13.9 Å². The molecule has 5 heteroatoms. The van der Waals surface area contributed by atoms with Crippen molar-refractivity contribution in [1.82, 2.24) is 4.98 Å². The molecule has 0 fully saturated rings. The fourth-order valence-electron chi connectivity index (χ4n) is 2.95. The van der Waals surface area contributed by atoms with Gasteiger partial charge in [-0.25, -0.2) is 4.98 Å². The minimum Gasteiger partial charge on any atom is -0.497 e. The molecular formula is C23H20N2O3. The standard InChI is InChI=1S/C23H20N2O3/c1-26-19-11-5-15(6-12-19)21-22(16-3-9-18(24)10-4-16)28-23(25-21)17-7-13-20(27-2)14-8-17/h3-14H,24H2,1-2H3. The number of hydrogen-bond donors (Lipinski definition) is 1. The molecule has 0 unspecified atom stereocenters. The largest absolute Gasteiger partial charge is 0.497 e. The summed E-state index contributed by atoms with van der Waals surface area (Å²) < 4.78 is 16.7. The Labute approximate surface area is 163 Å². The van der Waals surface area contributed by atoms with Gasteiger partial charge in [0.05, 0.1) is 14.2 Å². The second-order valence-electron chi connectivity index (χ2n) is 6.28. The first-order valence-electron chi connectivity index (χ1n) is 8.83. The Hall–Kier alpha value is -3.73. The fraction of sp³-hybridized carbons (Fsp3) is 0.0870. The Morgan fingerprint density at radius 1 is 0.679 bits per heavy atom. The highest BCUT2D eigenvalue weighted by molar-refractivity contribution is 5.79. The molecule has 0 spiro atoms. The molecule has 0 aliphatic rings. The molecule has 0 aliphatic carbocycles. The molecule has 1 aromatic heterocycles. The van der Waals surface area contributed by atoms with Gasteiger partial charge in [-0.15, -0.1) is 0 Å². The van der Waals surface area contributed by atoms with Crippen molar-refractivity contribution in [1.29, 1.82) is 0 Å². The monoisotopic (exact) mass is 372 g/mol. The summed E-state index contributed by atoms with van der Waals surface area (Å²) in [5.41, 5.74) is 10.0. The molecule has 28 heavy (non-hydrogen) atoms. The summed E-state index contributed by atoms with van der Waals surface area (Å²) in [7, 11) is 3.29. The predicted molar refractivity (Wildman–Crippen MR) is 110 cm³/mol. The third-order valence-corrected chi connectivity index (χ3v) is 4.50. The Balaban J connectivity index is 1.83. The molecule has 0 atom stereocenters. The van der Waals surface area contributed by atoms with Gasteiger partial charge < -0.3 is 19.6 Å². The lowest BCUT2D eigenvalue weighted by molar-refractivity contribution is 0.414. The first-order chi connectivity index (χ1) is 13.7. The van der Waals surface area contributed by atoms with Crippen molar-refractivity contribution in [2.45, 2.75) is 0 Å². The molecule has 3 aromatic carbocycles. The molecule has 0 amide bonds. The van der Waals surface area contributed by atoms with Crippen LogP contribution in [0.25, 0.3) is 34.0 Å². The zero-order chi connectivity index (χ0) is 19.5. The van der Waals surface area contributed by atoms with E-state index in [1.165, 1.54) is 0 Å². The normalized spacial score (nSPS) is 10.6. The molecule has 5 nitrogen and oxygen atoms in total. The van der Waals surface area contributed by atoms with Crippen molar-refractivity contribution in [3.63, 3.8) is 0 Å². The number of benzene rings is 3. The van der Waals surface area contributed by atoms with E-state index in [1.807, 2.05) is 72.8 Å². The maximum absolute atomic E-state index is 6.19. The van der Waals surface area contributed by atoms with Gasteiger partial charge in [-0.2, -0.15) is 0 Å². The molecule has 0 saturated carbocycles. The summed E-state index contributed by atoms with van der Waals surface area (Å²) in [6, 6.07) is 22.9. The highest BCUT2D eigenvalue weighted by Crippen LogP contribution is 2.37. The lowest BCUT2D eigenvalue weighted by Gasteiger charge is -2.04. The number of nitrogens with zero attached hydrogens (tertiary/aromatic N) is 1. The van der Waals surface area contributed by atoms with Gasteiger partial charge in [-0.1, -0.05) is 0 Å². The van der Waals surface area contributed by atoms with Gasteiger partial charge in [0.1, 0.15) is 17.2 Å². The van der Waals surface area contributed by atoms with Gasteiger partial charge in [0.25, 0.3) is 0 Å². The summed E-state index contributed by atoms with van der Waals surface area (Å²) in [6.07, 6.45) is 0. The number of methoxy groups -OCH3 is 2. The average molecular weight is 372 g/mol. The first kappa shape index (κ1) is 17.7. The van der Waals surface area contributed by atoms with Crippen LogP contribution in [0.2, 0.25) is 0 Å². The fourth-order valence-corrected chi connectivity index (χ4v) is 2.95. The van der Waals surface area contributed by atoms with E-state index in [0.717, 1.165) is 33.9 Å². The summed E-state index contributed by atoms with van der Waals surface area (Å²) in [6.45, 7) is 0. The van der Waals surface area contributed by atoms with Crippen LogP contribution < -0.4 is 15.2 Å². The lowest BCUT2D eigenvalue weighted by Crippen LogP contribution is -1.86. The van der Waals surface area contributed by atoms with Gasteiger partial charge in [0, 0.05) is 22.4 Å². The minimum atomic E-state index is 0.542. The number of hydrogen-bond acceptors (Lipinski definition) is 5.